The number of carbonyl (C=O) groups excluding carboxylic acids is 1. The minimum atomic E-state index is -0.255. The molecule has 0 aromatic carbocycles. The molecule has 0 radical (unpaired) electrons. The van der Waals surface area contributed by atoms with Gasteiger partial charge in [-0.25, -0.2) is 9.50 Å². The maximum Gasteiger partial charge on any atom is 0.259 e. The number of hydrogen-bond acceptors (Lipinski definition) is 6. The van der Waals surface area contributed by atoms with Crippen LogP contribution in [0.1, 0.15) is 27.8 Å². The summed E-state index contributed by atoms with van der Waals surface area (Å²) in [6.45, 7) is 3.39. The summed E-state index contributed by atoms with van der Waals surface area (Å²) in [5.41, 5.74) is 3.77. The third-order valence-corrected chi connectivity index (χ3v) is 4.46. The van der Waals surface area contributed by atoms with Gasteiger partial charge in [-0.1, -0.05) is 0 Å². The summed E-state index contributed by atoms with van der Waals surface area (Å²) in [5.74, 6) is -0.0894. The second-order valence-corrected chi connectivity index (χ2v) is 6.23. The zero-order chi connectivity index (χ0) is 18.1. The highest BCUT2D eigenvalue weighted by atomic mass is 16.5. The molecule has 1 unspecified atom stereocenters. The highest BCUT2D eigenvalue weighted by Gasteiger charge is 2.29. The zero-order valence-electron chi connectivity index (χ0n) is 14.7. The topological polar surface area (TPSA) is 84.7 Å². The molecule has 8 heteroatoms. The molecule has 1 N–H and O–H groups in total. The lowest BCUT2D eigenvalue weighted by molar-refractivity contribution is -0.0247. The predicted molar refractivity (Wildman–Crippen MR) is 96.1 cm³/mol. The molecular formula is C18H20N6O2. The van der Waals surface area contributed by atoms with Gasteiger partial charge in [-0.2, -0.15) is 5.10 Å². The first-order valence-corrected chi connectivity index (χ1v) is 8.51. The Hall–Kier alpha value is -3.00. The Kier molecular flexibility index (Phi) is 4.26. The number of nitrogens with one attached hydrogen (secondary N) is 1. The molecule has 1 aliphatic rings. The summed E-state index contributed by atoms with van der Waals surface area (Å²) in [4.78, 5) is 23.6. The molecule has 1 saturated heterocycles. The molecule has 4 heterocycles. The lowest BCUT2D eigenvalue weighted by atomic mass is 10.1. The van der Waals surface area contributed by atoms with Gasteiger partial charge in [0, 0.05) is 37.4 Å². The summed E-state index contributed by atoms with van der Waals surface area (Å²) in [6.07, 6.45) is 4.75. The fourth-order valence-electron chi connectivity index (χ4n) is 3.16. The number of amides is 1. The number of pyridine rings is 1. The van der Waals surface area contributed by atoms with Crippen molar-refractivity contribution < 1.29 is 9.53 Å². The third kappa shape index (κ3) is 2.99. The molecule has 1 atom stereocenters. The minimum absolute atomic E-state index is 0.0894. The van der Waals surface area contributed by atoms with Gasteiger partial charge >= 0.3 is 0 Å². The van der Waals surface area contributed by atoms with Gasteiger partial charge in [-0.3, -0.25) is 9.78 Å². The van der Waals surface area contributed by atoms with Crippen molar-refractivity contribution in [3.8, 4) is 0 Å². The van der Waals surface area contributed by atoms with E-state index in [-0.39, 0.29) is 12.0 Å². The summed E-state index contributed by atoms with van der Waals surface area (Å²) < 4.78 is 7.49. The van der Waals surface area contributed by atoms with Gasteiger partial charge in [-0.05, 0) is 25.1 Å². The molecule has 8 nitrogen and oxygen atoms in total. The lowest BCUT2D eigenvalue weighted by Crippen LogP contribution is -2.42. The number of carbonyl (C=O) groups is 1. The quantitative estimate of drug-likeness (QED) is 0.772. The maximum atomic E-state index is 13.0. The van der Waals surface area contributed by atoms with Crippen LogP contribution in [0.5, 0.6) is 0 Å². The Morgan fingerprint density at radius 1 is 1.38 bits per heavy atom. The monoisotopic (exact) mass is 352 g/mol. The second kappa shape index (κ2) is 6.72. The van der Waals surface area contributed by atoms with Crippen LogP contribution < -0.4 is 5.32 Å². The van der Waals surface area contributed by atoms with Gasteiger partial charge in [-0.15, -0.1) is 0 Å². The van der Waals surface area contributed by atoms with Crippen LogP contribution in [0.25, 0.3) is 5.65 Å². The predicted octanol–water partition coefficient (Wildman–Crippen LogP) is 1.69. The molecule has 0 bridgehead atoms. The van der Waals surface area contributed by atoms with Crippen LogP contribution in [0.2, 0.25) is 0 Å². The Bertz CT molecular complexity index is 954. The van der Waals surface area contributed by atoms with E-state index in [1.54, 1.807) is 34.1 Å². The summed E-state index contributed by atoms with van der Waals surface area (Å²) in [5, 5.41) is 7.33. The molecule has 134 valence electrons. The standard InChI is InChI=1S/C18H20N6O2/c1-12-8-13(19-2)9-15(22-12)16-11-23(6-7-26-16)18(25)14-10-21-24-5-3-4-20-17(14)24/h3-5,8-10,16H,6-7,11H2,1-2H3,(H,19,22). The number of morpholine rings is 1. The number of nitrogens with zero attached hydrogens (tertiary/aromatic N) is 5. The van der Waals surface area contributed by atoms with Crippen LogP contribution in [0.3, 0.4) is 0 Å². The van der Waals surface area contributed by atoms with Crippen LogP contribution >= 0.6 is 0 Å². The first-order chi connectivity index (χ1) is 12.7. The van der Waals surface area contributed by atoms with Crippen LogP contribution in [0, 0.1) is 6.92 Å². The zero-order valence-corrected chi connectivity index (χ0v) is 14.7. The van der Waals surface area contributed by atoms with Crippen molar-refractivity contribution in [3.05, 3.63) is 53.7 Å². The summed E-state index contributed by atoms with van der Waals surface area (Å²) in [7, 11) is 1.87. The highest BCUT2D eigenvalue weighted by Crippen LogP contribution is 2.25. The molecule has 0 aliphatic carbocycles. The normalized spacial score (nSPS) is 17.5. The van der Waals surface area contributed by atoms with E-state index < -0.39 is 0 Å². The fourth-order valence-corrected chi connectivity index (χ4v) is 3.16. The molecule has 0 spiro atoms. The van der Waals surface area contributed by atoms with Crippen LogP contribution in [0.4, 0.5) is 5.69 Å². The van der Waals surface area contributed by atoms with E-state index in [1.165, 1.54) is 0 Å². The molecular weight excluding hydrogens is 332 g/mol. The molecule has 26 heavy (non-hydrogen) atoms. The molecule has 3 aromatic rings. The van der Waals surface area contributed by atoms with Crippen molar-refractivity contribution in [1.82, 2.24) is 24.5 Å². The van der Waals surface area contributed by atoms with E-state index in [9.17, 15) is 4.79 Å². The number of fused-ring (bicyclic) bond motifs is 1. The number of aryl methyl sites for hydroxylation is 1. The summed E-state index contributed by atoms with van der Waals surface area (Å²) in [6, 6.07) is 5.71. The lowest BCUT2D eigenvalue weighted by Gasteiger charge is -2.32. The average molecular weight is 352 g/mol. The average Bonchev–Trinajstić information content (AvgIpc) is 3.11. The van der Waals surface area contributed by atoms with E-state index in [2.05, 4.69) is 20.4 Å². The van der Waals surface area contributed by atoms with E-state index in [4.69, 9.17) is 4.74 Å². The van der Waals surface area contributed by atoms with Crippen LogP contribution in [-0.4, -0.2) is 57.1 Å². The Morgan fingerprint density at radius 2 is 2.27 bits per heavy atom. The number of hydrogen-bond donors (Lipinski definition) is 1. The van der Waals surface area contributed by atoms with Crippen molar-refractivity contribution in [3.63, 3.8) is 0 Å². The van der Waals surface area contributed by atoms with E-state index in [0.29, 0.717) is 30.9 Å². The molecule has 1 aliphatic heterocycles. The fraction of sp³-hybridized carbons (Fsp3) is 0.333. The Labute approximate surface area is 150 Å². The molecule has 1 fully saturated rings. The largest absolute Gasteiger partial charge is 0.388 e. The summed E-state index contributed by atoms with van der Waals surface area (Å²) >= 11 is 0. The second-order valence-electron chi connectivity index (χ2n) is 6.23. The number of ether oxygens (including phenoxy) is 1. The highest BCUT2D eigenvalue weighted by molar-refractivity contribution is 5.99. The first kappa shape index (κ1) is 16.5. The molecule has 4 rings (SSSR count). The SMILES string of the molecule is CNc1cc(C)nc(C2CN(C(=O)c3cnn4cccnc34)CCO2)c1. The van der Waals surface area contributed by atoms with E-state index >= 15 is 0 Å². The third-order valence-electron chi connectivity index (χ3n) is 4.46. The van der Waals surface area contributed by atoms with Gasteiger partial charge in [0.05, 0.1) is 25.0 Å². The van der Waals surface area contributed by atoms with E-state index in [1.807, 2.05) is 26.1 Å². The molecule has 1 amide bonds. The van der Waals surface area contributed by atoms with Gasteiger partial charge in [0.2, 0.25) is 0 Å². The van der Waals surface area contributed by atoms with Crippen molar-refractivity contribution in [2.75, 3.05) is 32.1 Å². The van der Waals surface area contributed by atoms with Crippen molar-refractivity contribution >= 4 is 17.2 Å². The smallest absolute Gasteiger partial charge is 0.259 e. The minimum Gasteiger partial charge on any atom is -0.388 e. The Morgan fingerprint density at radius 3 is 3.12 bits per heavy atom. The van der Waals surface area contributed by atoms with Crippen molar-refractivity contribution in [2.45, 2.75) is 13.0 Å². The maximum absolute atomic E-state index is 13.0. The van der Waals surface area contributed by atoms with Gasteiger partial charge in [0.15, 0.2) is 5.65 Å². The van der Waals surface area contributed by atoms with Gasteiger partial charge < -0.3 is 15.0 Å². The number of rotatable bonds is 3. The van der Waals surface area contributed by atoms with Gasteiger partial charge in [0.25, 0.3) is 5.91 Å². The van der Waals surface area contributed by atoms with E-state index in [0.717, 1.165) is 17.1 Å². The molecule has 3 aromatic heterocycles. The van der Waals surface area contributed by atoms with Crippen molar-refractivity contribution in [2.24, 2.45) is 0 Å². The van der Waals surface area contributed by atoms with Crippen LogP contribution in [-0.2, 0) is 4.74 Å². The molecule has 0 saturated carbocycles. The van der Waals surface area contributed by atoms with Crippen molar-refractivity contribution in [1.29, 1.82) is 0 Å². The van der Waals surface area contributed by atoms with Crippen LogP contribution in [0.15, 0.2) is 36.8 Å². The first-order valence-electron chi connectivity index (χ1n) is 8.51. The number of aromatic nitrogens is 4. The van der Waals surface area contributed by atoms with Gasteiger partial charge in [0.1, 0.15) is 11.7 Å². The number of anilines is 1. The Balaban J connectivity index is 1.59.